The van der Waals surface area contributed by atoms with E-state index in [0.29, 0.717) is 12.1 Å². The lowest BCUT2D eigenvalue weighted by atomic mass is 10.1. The highest BCUT2D eigenvalue weighted by Gasteiger charge is 2.32. The summed E-state index contributed by atoms with van der Waals surface area (Å²) < 4.78 is 26.5. The van der Waals surface area contributed by atoms with Gasteiger partial charge in [0.25, 0.3) is 0 Å². The third-order valence-electron chi connectivity index (χ3n) is 5.76. The minimum Gasteiger partial charge on any atom is -0.352 e. The van der Waals surface area contributed by atoms with Crippen LogP contribution in [-0.2, 0) is 26.2 Å². The van der Waals surface area contributed by atoms with Gasteiger partial charge in [-0.1, -0.05) is 50.2 Å². The maximum atomic E-state index is 13.6. The Balaban J connectivity index is 2.44. The second-order valence-electron chi connectivity index (χ2n) is 8.86. The minimum absolute atomic E-state index is 0.0296. The van der Waals surface area contributed by atoms with E-state index in [9.17, 15) is 18.0 Å². The number of aryl methyl sites for hydroxylation is 2. The van der Waals surface area contributed by atoms with Gasteiger partial charge < -0.3 is 10.2 Å². The maximum absolute atomic E-state index is 13.6. The van der Waals surface area contributed by atoms with Gasteiger partial charge in [0, 0.05) is 12.6 Å². The molecule has 2 aromatic carbocycles. The molecule has 2 aromatic rings. The average Bonchev–Trinajstić information content (AvgIpc) is 2.76. The summed E-state index contributed by atoms with van der Waals surface area (Å²) >= 11 is 0. The lowest BCUT2D eigenvalue weighted by Gasteiger charge is -2.33. The highest BCUT2D eigenvalue weighted by Crippen LogP contribution is 2.22. The maximum Gasteiger partial charge on any atom is 0.244 e. The zero-order valence-electron chi connectivity index (χ0n) is 21.0. The molecule has 2 rings (SSSR count). The van der Waals surface area contributed by atoms with Crippen LogP contribution in [0.4, 0.5) is 5.69 Å². The summed E-state index contributed by atoms with van der Waals surface area (Å²) in [5, 5.41) is 2.97. The molecule has 7 nitrogen and oxygen atoms in total. The molecular weight excluding hydrogens is 450 g/mol. The highest BCUT2D eigenvalue weighted by molar-refractivity contribution is 7.92. The zero-order chi connectivity index (χ0) is 25.5. The molecule has 8 heteroatoms. The van der Waals surface area contributed by atoms with E-state index in [1.165, 1.54) is 4.90 Å². The van der Waals surface area contributed by atoms with Crippen molar-refractivity contribution >= 4 is 27.5 Å². The fourth-order valence-corrected chi connectivity index (χ4v) is 4.68. The standard InChI is InChI=1S/C26H37N3O4S/c1-7-21(5)27-26(31)24(8-2)28(17-22-12-10-9-11-13-22)25(30)18-29(34(6,32)33)23-15-19(3)14-20(4)16-23/h9-16,21,24H,7-8,17-18H2,1-6H3,(H,27,31)/t21-,24-/m0/s1. The highest BCUT2D eigenvalue weighted by atomic mass is 32.2. The number of sulfonamides is 1. The fraction of sp³-hybridized carbons (Fsp3) is 0.462. The van der Waals surface area contributed by atoms with Crippen molar-refractivity contribution in [1.82, 2.24) is 10.2 Å². The van der Waals surface area contributed by atoms with E-state index in [1.807, 2.05) is 71.0 Å². The summed E-state index contributed by atoms with van der Waals surface area (Å²) in [5.41, 5.74) is 3.10. The molecule has 0 fully saturated rings. The van der Waals surface area contributed by atoms with Crippen LogP contribution in [0.1, 0.15) is 50.3 Å². The first kappa shape index (κ1) is 27.4. The minimum atomic E-state index is -3.74. The van der Waals surface area contributed by atoms with Gasteiger partial charge in [-0.3, -0.25) is 13.9 Å². The van der Waals surface area contributed by atoms with Crippen LogP contribution in [0.5, 0.6) is 0 Å². The molecule has 0 unspecified atom stereocenters. The van der Waals surface area contributed by atoms with E-state index >= 15 is 0 Å². The van der Waals surface area contributed by atoms with Gasteiger partial charge in [-0.05, 0) is 62.4 Å². The van der Waals surface area contributed by atoms with Gasteiger partial charge in [-0.15, -0.1) is 0 Å². The monoisotopic (exact) mass is 487 g/mol. The van der Waals surface area contributed by atoms with Gasteiger partial charge in [0.05, 0.1) is 11.9 Å². The van der Waals surface area contributed by atoms with E-state index in [4.69, 9.17) is 0 Å². The number of nitrogens with one attached hydrogen (secondary N) is 1. The summed E-state index contributed by atoms with van der Waals surface area (Å²) in [4.78, 5) is 28.2. The molecule has 0 aromatic heterocycles. The van der Waals surface area contributed by atoms with Gasteiger partial charge in [-0.25, -0.2) is 8.42 Å². The van der Waals surface area contributed by atoms with Gasteiger partial charge >= 0.3 is 0 Å². The van der Waals surface area contributed by atoms with Crippen LogP contribution in [0, 0.1) is 13.8 Å². The molecule has 0 aliphatic heterocycles. The molecule has 1 N–H and O–H groups in total. The van der Waals surface area contributed by atoms with Gasteiger partial charge in [0.2, 0.25) is 21.8 Å². The third kappa shape index (κ3) is 7.58. The van der Waals surface area contributed by atoms with Crippen LogP contribution in [0.2, 0.25) is 0 Å². The number of nitrogens with zero attached hydrogens (tertiary/aromatic N) is 2. The second-order valence-corrected chi connectivity index (χ2v) is 10.8. The van der Waals surface area contributed by atoms with Gasteiger partial charge in [-0.2, -0.15) is 0 Å². The summed E-state index contributed by atoms with van der Waals surface area (Å²) in [6, 6.07) is 14.1. The number of amides is 2. The number of hydrogen-bond acceptors (Lipinski definition) is 4. The molecule has 2 amide bonds. The van der Waals surface area contributed by atoms with Crippen LogP contribution >= 0.6 is 0 Å². The number of carbonyl (C=O) groups excluding carboxylic acids is 2. The van der Waals surface area contributed by atoms with E-state index in [0.717, 1.165) is 33.7 Å². The van der Waals surface area contributed by atoms with Crippen molar-refractivity contribution in [1.29, 1.82) is 0 Å². The Morgan fingerprint density at radius 3 is 2.06 bits per heavy atom. The Hall–Kier alpha value is -2.87. The Bertz CT molecular complexity index is 1070. The van der Waals surface area contributed by atoms with Crippen molar-refractivity contribution < 1.29 is 18.0 Å². The van der Waals surface area contributed by atoms with Crippen LogP contribution in [0.15, 0.2) is 48.5 Å². The van der Waals surface area contributed by atoms with E-state index in [1.54, 1.807) is 12.1 Å². The normalized spacial score (nSPS) is 13.1. The van der Waals surface area contributed by atoms with E-state index < -0.39 is 22.0 Å². The number of benzene rings is 2. The largest absolute Gasteiger partial charge is 0.352 e. The van der Waals surface area contributed by atoms with Crippen molar-refractivity contribution in [2.45, 2.75) is 66.1 Å². The Morgan fingerprint density at radius 2 is 1.56 bits per heavy atom. The molecule has 34 heavy (non-hydrogen) atoms. The Kier molecular flexibility index (Phi) is 9.67. The van der Waals surface area contributed by atoms with Crippen molar-refractivity contribution in [2.24, 2.45) is 0 Å². The van der Waals surface area contributed by atoms with Crippen molar-refractivity contribution in [3.05, 3.63) is 65.2 Å². The molecule has 0 aliphatic carbocycles. The van der Waals surface area contributed by atoms with Crippen LogP contribution in [0.3, 0.4) is 0 Å². The second kappa shape index (κ2) is 12.0. The number of hydrogen-bond donors (Lipinski definition) is 1. The summed E-state index contributed by atoms with van der Waals surface area (Å²) in [7, 11) is -3.74. The zero-order valence-corrected chi connectivity index (χ0v) is 21.9. The van der Waals surface area contributed by atoms with Gasteiger partial charge in [0.15, 0.2) is 0 Å². The quantitative estimate of drug-likeness (QED) is 0.522. The number of rotatable bonds is 11. The molecule has 0 radical (unpaired) electrons. The average molecular weight is 488 g/mol. The number of carbonyl (C=O) groups is 2. The fourth-order valence-electron chi connectivity index (χ4n) is 3.85. The molecule has 0 spiro atoms. The van der Waals surface area contributed by atoms with E-state index in [2.05, 4.69) is 5.32 Å². The van der Waals surface area contributed by atoms with E-state index in [-0.39, 0.29) is 25.0 Å². The predicted molar refractivity (Wildman–Crippen MR) is 137 cm³/mol. The molecule has 0 heterocycles. The molecule has 0 saturated carbocycles. The summed E-state index contributed by atoms with van der Waals surface area (Å²) in [5.74, 6) is -0.668. The van der Waals surface area contributed by atoms with Crippen molar-refractivity contribution in [3.63, 3.8) is 0 Å². The topological polar surface area (TPSA) is 86.8 Å². The van der Waals surface area contributed by atoms with Crippen molar-refractivity contribution in [2.75, 3.05) is 17.1 Å². The summed E-state index contributed by atoms with van der Waals surface area (Å²) in [6.45, 7) is 9.33. The molecular formula is C26H37N3O4S. The third-order valence-corrected chi connectivity index (χ3v) is 6.90. The molecule has 0 aliphatic rings. The van der Waals surface area contributed by atoms with Crippen LogP contribution in [0.25, 0.3) is 0 Å². The molecule has 2 atom stereocenters. The smallest absolute Gasteiger partial charge is 0.244 e. The first-order chi connectivity index (χ1) is 16.0. The lowest BCUT2D eigenvalue weighted by molar-refractivity contribution is -0.140. The lowest BCUT2D eigenvalue weighted by Crippen LogP contribution is -2.53. The first-order valence-electron chi connectivity index (χ1n) is 11.7. The Labute approximate surface area is 204 Å². The Morgan fingerprint density at radius 1 is 0.971 bits per heavy atom. The van der Waals surface area contributed by atoms with Crippen LogP contribution in [-0.4, -0.2) is 50.0 Å². The van der Waals surface area contributed by atoms with Gasteiger partial charge in [0.1, 0.15) is 12.6 Å². The summed E-state index contributed by atoms with van der Waals surface area (Å²) in [6.07, 6.45) is 2.26. The first-order valence-corrected chi connectivity index (χ1v) is 13.5. The molecule has 186 valence electrons. The van der Waals surface area contributed by atoms with Crippen LogP contribution < -0.4 is 9.62 Å². The SMILES string of the molecule is CC[C@H](C)NC(=O)[C@H](CC)N(Cc1ccccc1)C(=O)CN(c1cc(C)cc(C)c1)S(C)(=O)=O. The number of anilines is 1. The van der Waals surface area contributed by atoms with Crippen molar-refractivity contribution in [3.8, 4) is 0 Å². The molecule has 0 bridgehead atoms. The predicted octanol–water partition coefficient (Wildman–Crippen LogP) is 3.79. The molecule has 0 saturated heterocycles.